The maximum atomic E-state index is 2.49. The Bertz CT molecular complexity index is 195. The van der Waals surface area contributed by atoms with Gasteiger partial charge in [-0.25, -0.2) is 0 Å². The van der Waals surface area contributed by atoms with Gasteiger partial charge in [0.25, 0.3) is 0 Å². The minimum absolute atomic E-state index is 0. The van der Waals surface area contributed by atoms with Gasteiger partial charge in [0.1, 0.15) is 0 Å². The molecule has 116 valence electrons. The molecular formula is C18H44. The minimum atomic E-state index is 0. The SMILES string of the molecule is C.C.C.C.C.CC.CC(C)(C)C12C=CC(CC1)C2. The molecule has 2 aliphatic carbocycles. The number of hydrogen-bond donors (Lipinski definition) is 0. The van der Waals surface area contributed by atoms with Gasteiger partial charge >= 0.3 is 0 Å². The third-order valence-corrected chi connectivity index (χ3v) is 3.77. The smallest absolute Gasteiger partial charge is 0.00638 e. The molecule has 0 aromatic rings. The molecule has 18 heavy (non-hydrogen) atoms. The average molecular weight is 261 g/mol. The minimum Gasteiger partial charge on any atom is -0.0848 e. The number of fused-ring (bicyclic) bond motifs is 2. The molecule has 0 N–H and O–H groups in total. The van der Waals surface area contributed by atoms with Gasteiger partial charge in [-0.05, 0) is 36.0 Å². The van der Waals surface area contributed by atoms with Gasteiger partial charge in [0.05, 0.1) is 0 Å². The molecule has 0 radical (unpaired) electrons. The van der Waals surface area contributed by atoms with Crippen LogP contribution in [0.1, 0.15) is 91.0 Å². The van der Waals surface area contributed by atoms with Crippen molar-refractivity contribution in [1.82, 2.24) is 0 Å². The zero-order chi connectivity index (χ0) is 10.1. The Hall–Kier alpha value is -0.260. The Morgan fingerprint density at radius 1 is 0.944 bits per heavy atom. The summed E-state index contributed by atoms with van der Waals surface area (Å²) in [6.07, 6.45) is 9.22. The van der Waals surface area contributed by atoms with Crippen LogP contribution in [0.3, 0.4) is 0 Å². The second kappa shape index (κ2) is 10.6. The van der Waals surface area contributed by atoms with Crippen molar-refractivity contribution in [2.45, 2.75) is 91.0 Å². The van der Waals surface area contributed by atoms with E-state index in [0.717, 1.165) is 5.92 Å². The fraction of sp³-hybridized carbons (Fsp3) is 0.889. The van der Waals surface area contributed by atoms with E-state index in [2.05, 4.69) is 32.9 Å². The maximum Gasteiger partial charge on any atom is -0.00638 e. The van der Waals surface area contributed by atoms with E-state index in [1.54, 1.807) is 0 Å². The molecule has 0 nitrogen and oxygen atoms in total. The van der Waals surface area contributed by atoms with Gasteiger partial charge in [0.15, 0.2) is 0 Å². The Kier molecular flexibility index (Phi) is 18.1. The summed E-state index contributed by atoms with van der Waals surface area (Å²) >= 11 is 0. The molecular weight excluding hydrogens is 216 g/mol. The van der Waals surface area contributed by atoms with Crippen molar-refractivity contribution in [2.75, 3.05) is 0 Å². The normalized spacial score (nSPS) is 25.9. The van der Waals surface area contributed by atoms with Gasteiger partial charge in [-0.3, -0.25) is 0 Å². The zero-order valence-corrected chi connectivity index (χ0v) is 9.85. The molecule has 1 saturated carbocycles. The molecule has 0 saturated heterocycles. The Morgan fingerprint density at radius 2 is 1.39 bits per heavy atom. The second-order valence-corrected chi connectivity index (χ2v) is 5.27. The zero-order valence-electron chi connectivity index (χ0n) is 9.85. The van der Waals surface area contributed by atoms with Gasteiger partial charge in [0, 0.05) is 0 Å². The lowest BCUT2D eigenvalue weighted by molar-refractivity contribution is 0.157. The Balaban J connectivity index is -0.0000000770. The molecule has 2 bridgehead atoms. The van der Waals surface area contributed by atoms with E-state index >= 15 is 0 Å². The molecule has 0 spiro atoms. The van der Waals surface area contributed by atoms with Crippen LogP contribution in [-0.4, -0.2) is 0 Å². The fourth-order valence-corrected chi connectivity index (χ4v) is 2.68. The topological polar surface area (TPSA) is 0 Å². The van der Waals surface area contributed by atoms with E-state index in [-0.39, 0.29) is 37.1 Å². The molecule has 0 aromatic heterocycles. The summed E-state index contributed by atoms with van der Waals surface area (Å²) in [7, 11) is 0. The molecule has 0 amide bonds. The van der Waals surface area contributed by atoms with E-state index in [4.69, 9.17) is 0 Å². The molecule has 2 unspecified atom stereocenters. The largest absolute Gasteiger partial charge is 0.0848 e. The highest BCUT2D eigenvalue weighted by Crippen LogP contribution is 2.58. The summed E-state index contributed by atoms with van der Waals surface area (Å²) in [4.78, 5) is 0. The van der Waals surface area contributed by atoms with Crippen LogP contribution in [0, 0.1) is 16.7 Å². The molecule has 1 fully saturated rings. The van der Waals surface area contributed by atoms with Crippen molar-refractivity contribution in [1.29, 1.82) is 0 Å². The quantitative estimate of drug-likeness (QED) is 0.393. The summed E-state index contributed by atoms with van der Waals surface area (Å²) in [5.74, 6) is 0.925. The van der Waals surface area contributed by atoms with Crippen molar-refractivity contribution in [3.05, 3.63) is 12.2 Å². The van der Waals surface area contributed by atoms with E-state index in [0.29, 0.717) is 10.8 Å². The first-order chi connectivity index (χ1) is 6.04. The monoisotopic (exact) mass is 260 g/mol. The van der Waals surface area contributed by atoms with Crippen LogP contribution in [0.5, 0.6) is 0 Å². The Labute approximate surface area is 120 Å². The van der Waals surface area contributed by atoms with Crippen LogP contribution in [0.25, 0.3) is 0 Å². The summed E-state index contributed by atoms with van der Waals surface area (Å²) < 4.78 is 0. The standard InChI is InChI=1S/C11H18.C2H6.5CH4/c1-10(2,3)11-6-4-9(8-11)5-7-11;1-2;;;;;/h4,6,9H,5,7-8H2,1-3H3;1-2H3;5*1H4. The maximum absolute atomic E-state index is 2.49. The summed E-state index contributed by atoms with van der Waals surface area (Å²) in [6.45, 7) is 11.1. The lowest BCUT2D eigenvalue weighted by Gasteiger charge is -2.38. The van der Waals surface area contributed by atoms with Gasteiger partial charge in [-0.2, -0.15) is 0 Å². The van der Waals surface area contributed by atoms with Crippen LogP contribution >= 0.6 is 0 Å². The molecule has 2 aliphatic rings. The van der Waals surface area contributed by atoms with Gasteiger partial charge in [-0.15, -0.1) is 0 Å². The number of hydrogen-bond acceptors (Lipinski definition) is 0. The number of rotatable bonds is 0. The van der Waals surface area contributed by atoms with Crippen LogP contribution in [0.15, 0.2) is 12.2 Å². The van der Waals surface area contributed by atoms with E-state index in [1.165, 1.54) is 19.3 Å². The van der Waals surface area contributed by atoms with Crippen LogP contribution < -0.4 is 0 Å². The van der Waals surface area contributed by atoms with Crippen molar-refractivity contribution in [3.8, 4) is 0 Å². The lowest BCUT2D eigenvalue weighted by atomic mass is 9.66. The first kappa shape index (κ1) is 30.6. The molecule has 0 aromatic carbocycles. The van der Waals surface area contributed by atoms with Crippen LogP contribution in [0.4, 0.5) is 0 Å². The molecule has 0 heteroatoms. The third-order valence-electron chi connectivity index (χ3n) is 3.77. The first-order valence-electron chi connectivity index (χ1n) is 5.73. The summed E-state index contributed by atoms with van der Waals surface area (Å²) in [5, 5.41) is 0. The highest BCUT2D eigenvalue weighted by atomic mass is 14.5. The lowest BCUT2D eigenvalue weighted by Crippen LogP contribution is -2.29. The highest BCUT2D eigenvalue weighted by Gasteiger charge is 2.47. The predicted molar refractivity (Wildman–Crippen MR) is 93.4 cm³/mol. The second-order valence-electron chi connectivity index (χ2n) is 5.27. The van der Waals surface area contributed by atoms with Gasteiger partial charge < -0.3 is 0 Å². The third kappa shape index (κ3) is 5.16. The van der Waals surface area contributed by atoms with E-state index < -0.39 is 0 Å². The molecule has 2 atom stereocenters. The van der Waals surface area contributed by atoms with Crippen molar-refractivity contribution >= 4 is 0 Å². The Morgan fingerprint density at radius 3 is 1.50 bits per heavy atom. The van der Waals surface area contributed by atoms with Gasteiger partial charge in [-0.1, -0.05) is 83.9 Å². The fourth-order valence-electron chi connectivity index (χ4n) is 2.68. The van der Waals surface area contributed by atoms with E-state index in [9.17, 15) is 0 Å². The van der Waals surface area contributed by atoms with Crippen molar-refractivity contribution in [3.63, 3.8) is 0 Å². The molecule has 2 rings (SSSR count). The van der Waals surface area contributed by atoms with Crippen molar-refractivity contribution < 1.29 is 0 Å². The summed E-state index contributed by atoms with van der Waals surface area (Å²) in [5.41, 5.74) is 1.05. The first-order valence-corrected chi connectivity index (χ1v) is 5.73. The number of allylic oxidation sites excluding steroid dienone is 2. The molecule has 0 heterocycles. The van der Waals surface area contributed by atoms with Gasteiger partial charge in [0.2, 0.25) is 0 Å². The van der Waals surface area contributed by atoms with E-state index in [1.807, 2.05) is 13.8 Å². The molecule has 0 aliphatic heterocycles. The average Bonchev–Trinajstić information content (AvgIpc) is 2.66. The van der Waals surface area contributed by atoms with Crippen LogP contribution in [-0.2, 0) is 0 Å². The highest BCUT2D eigenvalue weighted by molar-refractivity contribution is 5.19. The predicted octanol–water partition coefficient (Wildman–Crippen LogP) is 7.60. The van der Waals surface area contributed by atoms with Crippen molar-refractivity contribution in [2.24, 2.45) is 16.7 Å². The van der Waals surface area contributed by atoms with Crippen LogP contribution in [0.2, 0.25) is 0 Å². The summed E-state index contributed by atoms with van der Waals surface area (Å²) in [6, 6.07) is 0.